The Morgan fingerprint density at radius 2 is 2.00 bits per heavy atom. The van der Waals surface area contributed by atoms with Crippen LogP contribution in [0.5, 0.6) is 0 Å². The fourth-order valence-corrected chi connectivity index (χ4v) is 2.25. The second-order valence-corrected chi connectivity index (χ2v) is 4.98. The fourth-order valence-electron chi connectivity index (χ4n) is 2.25. The van der Waals surface area contributed by atoms with Crippen molar-refractivity contribution in [2.45, 2.75) is 13.8 Å². The highest BCUT2D eigenvalue weighted by atomic mass is 16.4. The lowest BCUT2D eigenvalue weighted by atomic mass is 10.2. The van der Waals surface area contributed by atoms with E-state index in [1.807, 2.05) is 31.2 Å². The van der Waals surface area contributed by atoms with E-state index in [0.29, 0.717) is 17.2 Å². The Morgan fingerprint density at radius 3 is 2.73 bits per heavy atom. The van der Waals surface area contributed by atoms with Gasteiger partial charge in [-0.05, 0) is 43.7 Å². The highest BCUT2D eigenvalue weighted by Gasteiger charge is 2.15. The second-order valence-electron chi connectivity index (χ2n) is 4.98. The number of carboxylic acids is 1. The highest BCUT2D eigenvalue weighted by molar-refractivity contribution is 5.94. The van der Waals surface area contributed by atoms with Crippen LogP contribution >= 0.6 is 0 Å². The zero-order valence-corrected chi connectivity index (χ0v) is 12.2. The number of carbonyl (C=O) groups is 1. The van der Waals surface area contributed by atoms with Gasteiger partial charge in [-0.25, -0.2) is 9.78 Å². The Morgan fingerprint density at radius 1 is 1.18 bits per heavy atom. The van der Waals surface area contributed by atoms with Crippen LogP contribution < -0.4 is 0 Å². The molecule has 3 rings (SSSR count). The summed E-state index contributed by atoms with van der Waals surface area (Å²) in [6.07, 6.45) is 1.73. The molecule has 2 aromatic heterocycles. The average Bonchev–Trinajstić information content (AvgIpc) is 2.80. The fraction of sp³-hybridized carbons (Fsp3) is 0.125. The van der Waals surface area contributed by atoms with Gasteiger partial charge in [0, 0.05) is 6.20 Å². The summed E-state index contributed by atoms with van der Waals surface area (Å²) in [6, 6.07) is 10.8. The summed E-state index contributed by atoms with van der Waals surface area (Å²) in [5.74, 6) is -0.489. The third-order valence-corrected chi connectivity index (χ3v) is 3.28. The predicted octanol–water partition coefficient (Wildman–Crippen LogP) is 4.06. The molecule has 6 heteroatoms. The molecule has 0 bridgehead atoms. The third kappa shape index (κ3) is 2.46. The normalized spacial score (nSPS) is 11.4. The van der Waals surface area contributed by atoms with Gasteiger partial charge < -0.3 is 5.11 Å². The van der Waals surface area contributed by atoms with Gasteiger partial charge in [0.05, 0.1) is 11.4 Å². The lowest BCUT2D eigenvalue weighted by Gasteiger charge is -1.99. The van der Waals surface area contributed by atoms with Crippen molar-refractivity contribution in [3.63, 3.8) is 0 Å². The first-order valence-corrected chi connectivity index (χ1v) is 6.75. The van der Waals surface area contributed by atoms with E-state index in [1.165, 1.54) is 6.07 Å². The molecule has 0 spiro atoms. The van der Waals surface area contributed by atoms with Gasteiger partial charge in [0.15, 0.2) is 11.5 Å². The minimum Gasteiger partial charge on any atom is -0.478 e. The first-order chi connectivity index (χ1) is 10.6. The number of hydrogen-bond acceptors (Lipinski definition) is 4. The van der Waals surface area contributed by atoms with Crippen LogP contribution in [0.2, 0.25) is 0 Å². The number of aromatic carboxylic acids is 1. The molecule has 0 fully saturated rings. The van der Waals surface area contributed by atoms with Crippen molar-refractivity contribution in [2.24, 2.45) is 10.2 Å². The van der Waals surface area contributed by atoms with E-state index >= 15 is 0 Å². The standard InChI is InChI=1S/C16H14N4O2/c1-10-5-3-6-12(9-10)18-19-14-11(2)17-15-13(16(21)22)7-4-8-20(14)15/h3-9H,1-2H3,(H,21,22). The molecule has 110 valence electrons. The lowest BCUT2D eigenvalue weighted by molar-refractivity contribution is 0.0698. The molecule has 0 saturated heterocycles. The molecule has 0 radical (unpaired) electrons. The SMILES string of the molecule is Cc1cccc(N=Nc2c(C)nc3c(C(=O)O)cccn23)c1. The monoisotopic (exact) mass is 294 g/mol. The second kappa shape index (κ2) is 5.40. The molecule has 22 heavy (non-hydrogen) atoms. The number of hydrogen-bond donors (Lipinski definition) is 1. The molecule has 1 N–H and O–H groups in total. The van der Waals surface area contributed by atoms with Crippen molar-refractivity contribution < 1.29 is 9.90 Å². The molecule has 3 aromatic rings. The summed E-state index contributed by atoms with van der Waals surface area (Å²) >= 11 is 0. The molecule has 1 aromatic carbocycles. The van der Waals surface area contributed by atoms with E-state index in [1.54, 1.807) is 23.6 Å². The van der Waals surface area contributed by atoms with E-state index in [9.17, 15) is 9.90 Å². The molecule has 6 nitrogen and oxygen atoms in total. The summed E-state index contributed by atoms with van der Waals surface area (Å²) in [5.41, 5.74) is 2.97. The molecule has 2 heterocycles. The Labute approximate surface area is 126 Å². The largest absolute Gasteiger partial charge is 0.478 e. The third-order valence-electron chi connectivity index (χ3n) is 3.28. The quantitative estimate of drug-likeness (QED) is 0.739. The molecule has 0 aliphatic heterocycles. The summed E-state index contributed by atoms with van der Waals surface area (Å²) in [5, 5.41) is 17.7. The van der Waals surface area contributed by atoms with Gasteiger partial charge in [-0.1, -0.05) is 12.1 Å². The van der Waals surface area contributed by atoms with E-state index in [4.69, 9.17) is 0 Å². The first-order valence-electron chi connectivity index (χ1n) is 6.75. The number of carboxylic acid groups (broad SMARTS) is 1. The van der Waals surface area contributed by atoms with Crippen molar-refractivity contribution in [3.05, 3.63) is 59.4 Å². The molecule has 0 saturated carbocycles. The number of nitrogens with zero attached hydrogens (tertiary/aromatic N) is 4. The molecule has 0 atom stereocenters. The Balaban J connectivity index is 2.10. The van der Waals surface area contributed by atoms with E-state index in [0.717, 1.165) is 11.3 Å². The number of aromatic nitrogens is 2. The van der Waals surface area contributed by atoms with Crippen molar-refractivity contribution in [2.75, 3.05) is 0 Å². The number of aryl methyl sites for hydroxylation is 2. The Kier molecular flexibility index (Phi) is 3.42. The van der Waals surface area contributed by atoms with Gasteiger partial charge in [0.25, 0.3) is 0 Å². The molecule has 0 aliphatic rings. The Bertz CT molecular complexity index is 896. The van der Waals surface area contributed by atoms with E-state index < -0.39 is 5.97 Å². The molecular formula is C16H14N4O2. The van der Waals surface area contributed by atoms with Crippen LogP contribution in [-0.2, 0) is 0 Å². The Hall–Kier alpha value is -3.02. The zero-order chi connectivity index (χ0) is 15.7. The van der Waals surface area contributed by atoms with Gasteiger partial charge >= 0.3 is 5.97 Å². The number of fused-ring (bicyclic) bond motifs is 1. The number of benzene rings is 1. The van der Waals surface area contributed by atoms with Crippen molar-refractivity contribution in [1.82, 2.24) is 9.38 Å². The van der Waals surface area contributed by atoms with E-state index in [-0.39, 0.29) is 5.56 Å². The van der Waals surface area contributed by atoms with Crippen LogP contribution in [0.4, 0.5) is 11.5 Å². The van der Waals surface area contributed by atoms with Gasteiger partial charge in [0.1, 0.15) is 5.56 Å². The lowest BCUT2D eigenvalue weighted by Crippen LogP contribution is -1.99. The minimum atomic E-state index is -1.02. The molecular weight excluding hydrogens is 280 g/mol. The minimum absolute atomic E-state index is 0.141. The number of pyridine rings is 1. The molecule has 0 aliphatic carbocycles. The van der Waals surface area contributed by atoms with Crippen LogP contribution in [0.3, 0.4) is 0 Å². The summed E-state index contributed by atoms with van der Waals surface area (Å²) in [6.45, 7) is 3.76. The first kappa shape index (κ1) is 13.9. The zero-order valence-electron chi connectivity index (χ0n) is 12.2. The molecule has 0 unspecified atom stereocenters. The summed E-state index contributed by atoms with van der Waals surface area (Å²) in [4.78, 5) is 15.5. The van der Waals surface area contributed by atoms with Crippen LogP contribution in [0.1, 0.15) is 21.6 Å². The number of azo groups is 1. The number of rotatable bonds is 3. The topological polar surface area (TPSA) is 79.3 Å². The maximum absolute atomic E-state index is 11.2. The maximum atomic E-state index is 11.2. The van der Waals surface area contributed by atoms with Gasteiger partial charge in [0.2, 0.25) is 0 Å². The highest BCUT2D eigenvalue weighted by Crippen LogP contribution is 2.25. The maximum Gasteiger partial charge on any atom is 0.339 e. The van der Waals surface area contributed by atoms with Crippen LogP contribution in [0.15, 0.2) is 52.8 Å². The van der Waals surface area contributed by atoms with Crippen LogP contribution in [-0.4, -0.2) is 20.5 Å². The number of imidazole rings is 1. The van der Waals surface area contributed by atoms with E-state index in [2.05, 4.69) is 15.2 Å². The van der Waals surface area contributed by atoms with Gasteiger partial charge in [-0.2, -0.15) is 0 Å². The smallest absolute Gasteiger partial charge is 0.339 e. The van der Waals surface area contributed by atoms with Crippen molar-refractivity contribution in [3.8, 4) is 0 Å². The summed E-state index contributed by atoms with van der Waals surface area (Å²) in [7, 11) is 0. The van der Waals surface area contributed by atoms with Crippen LogP contribution in [0, 0.1) is 13.8 Å². The summed E-state index contributed by atoms with van der Waals surface area (Å²) < 4.78 is 1.64. The molecule has 0 amide bonds. The average molecular weight is 294 g/mol. The van der Waals surface area contributed by atoms with Crippen LogP contribution in [0.25, 0.3) is 5.65 Å². The predicted molar refractivity (Wildman–Crippen MR) is 82.2 cm³/mol. The van der Waals surface area contributed by atoms with Crippen molar-refractivity contribution in [1.29, 1.82) is 0 Å². The van der Waals surface area contributed by atoms with Crippen molar-refractivity contribution >= 4 is 23.1 Å². The van der Waals surface area contributed by atoms with Gasteiger partial charge in [-0.3, -0.25) is 4.40 Å². The van der Waals surface area contributed by atoms with Gasteiger partial charge in [-0.15, -0.1) is 10.2 Å².